The van der Waals surface area contributed by atoms with Crippen molar-refractivity contribution in [3.05, 3.63) is 78.4 Å². The first kappa shape index (κ1) is 29.4. The largest absolute Gasteiger partial charge is 0.392 e. The Balaban J connectivity index is 1.34. The molecule has 0 spiro atoms. The van der Waals surface area contributed by atoms with Gasteiger partial charge in [-0.25, -0.2) is 0 Å². The number of thioether (sulfide) groups is 1. The van der Waals surface area contributed by atoms with Crippen molar-refractivity contribution >= 4 is 29.3 Å². The lowest BCUT2D eigenvalue weighted by Gasteiger charge is -2.29. The van der Waals surface area contributed by atoms with Crippen LogP contribution in [0.4, 0.5) is 5.69 Å². The summed E-state index contributed by atoms with van der Waals surface area (Å²) in [5.41, 5.74) is 4.10. The van der Waals surface area contributed by atoms with Gasteiger partial charge in [0, 0.05) is 34.7 Å². The van der Waals surface area contributed by atoms with Crippen LogP contribution in [0.5, 0.6) is 0 Å². The van der Waals surface area contributed by atoms with E-state index in [1.807, 2.05) is 86.6 Å². The van der Waals surface area contributed by atoms with Gasteiger partial charge >= 0.3 is 0 Å². The van der Waals surface area contributed by atoms with E-state index < -0.39 is 17.7 Å². The fourth-order valence-electron chi connectivity index (χ4n) is 4.93. The lowest BCUT2D eigenvalue weighted by atomic mass is 9.98. The summed E-state index contributed by atoms with van der Waals surface area (Å²) in [5, 5.41) is 30.3. The summed E-state index contributed by atoms with van der Waals surface area (Å²) in [6, 6.07) is 23.1. The number of β-amino-alcohol motifs (C(OH)–C–C–N with tert-alkyl or cyclic N) is 1. The number of carbonyl (C=O) groups excluding carboxylic acids is 2. The van der Waals surface area contributed by atoms with E-state index in [9.17, 15) is 14.7 Å². The molecule has 10 nitrogen and oxygen atoms in total. The van der Waals surface area contributed by atoms with Crippen molar-refractivity contribution in [1.29, 1.82) is 0 Å². The highest BCUT2D eigenvalue weighted by atomic mass is 32.2. The van der Waals surface area contributed by atoms with E-state index in [1.54, 1.807) is 23.6 Å². The summed E-state index contributed by atoms with van der Waals surface area (Å²) < 4.78 is 0. The van der Waals surface area contributed by atoms with Gasteiger partial charge in [-0.2, -0.15) is 5.21 Å². The second-order valence-electron chi connectivity index (χ2n) is 11.1. The second-order valence-corrected chi connectivity index (χ2v) is 12.2. The van der Waals surface area contributed by atoms with E-state index >= 15 is 0 Å². The molecule has 1 aromatic heterocycles. The van der Waals surface area contributed by atoms with E-state index in [1.165, 1.54) is 0 Å². The highest BCUT2D eigenvalue weighted by Crippen LogP contribution is 2.36. The van der Waals surface area contributed by atoms with Gasteiger partial charge < -0.3 is 20.6 Å². The molecule has 3 aromatic carbocycles. The zero-order chi connectivity index (χ0) is 29.7. The maximum absolute atomic E-state index is 13.9. The van der Waals surface area contributed by atoms with Gasteiger partial charge in [0.1, 0.15) is 6.04 Å². The number of nitrogens with zero attached hydrogens (tertiary/aromatic N) is 4. The molecular formula is C31H35N7O3S. The van der Waals surface area contributed by atoms with Crippen LogP contribution in [0.1, 0.15) is 32.8 Å². The highest BCUT2D eigenvalue weighted by Gasteiger charge is 2.33. The average molecular weight is 586 g/mol. The van der Waals surface area contributed by atoms with Crippen molar-refractivity contribution in [2.75, 3.05) is 17.2 Å². The molecule has 2 amide bonds. The number of anilines is 1. The SMILES string of the molecule is C[C@@H](O)CNC(C)(C)CC(=O)N[C@@H]1CSc2ccccc2N(Cc2ccc(-c3ccccc3-c3nn[nH]n3)cc2)C1=O. The summed E-state index contributed by atoms with van der Waals surface area (Å²) in [6.07, 6.45) is -0.345. The van der Waals surface area contributed by atoms with E-state index in [0.717, 1.165) is 32.8 Å². The fraction of sp³-hybridized carbons (Fsp3) is 0.323. The zero-order valence-corrected chi connectivity index (χ0v) is 24.7. The van der Waals surface area contributed by atoms with E-state index in [4.69, 9.17) is 0 Å². The van der Waals surface area contributed by atoms with Gasteiger partial charge in [0.25, 0.3) is 5.91 Å². The Morgan fingerprint density at radius 1 is 1.10 bits per heavy atom. The van der Waals surface area contributed by atoms with E-state index in [-0.39, 0.29) is 18.2 Å². The van der Waals surface area contributed by atoms with Crippen LogP contribution in [0.2, 0.25) is 0 Å². The molecule has 0 fully saturated rings. The topological polar surface area (TPSA) is 136 Å². The monoisotopic (exact) mass is 585 g/mol. The number of aromatic nitrogens is 4. The van der Waals surface area contributed by atoms with Gasteiger partial charge in [-0.15, -0.1) is 22.0 Å². The lowest BCUT2D eigenvalue weighted by molar-refractivity contribution is -0.127. The number of rotatable bonds is 10. The number of hydrogen-bond acceptors (Lipinski definition) is 8. The van der Waals surface area contributed by atoms with Crippen molar-refractivity contribution in [3.8, 4) is 22.5 Å². The van der Waals surface area contributed by atoms with Gasteiger partial charge in [0.05, 0.1) is 18.3 Å². The van der Waals surface area contributed by atoms with Crippen LogP contribution < -0.4 is 15.5 Å². The predicted octanol–water partition coefficient (Wildman–Crippen LogP) is 3.80. The molecule has 0 aliphatic carbocycles. The van der Waals surface area contributed by atoms with Gasteiger partial charge in [-0.3, -0.25) is 9.59 Å². The quantitative estimate of drug-likeness (QED) is 0.221. The minimum Gasteiger partial charge on any atom is -0.392 e. The van der Waals surface area contributed by atoms with Gasteiger partial charge in [0.2, 0.25) is 11.7 Å². The maximum Gasteiger partial charge on any atom is 0.250 e. The van der Waals surface area contributed by atoms with E-state index in [0.29, 0.717) is 24.7 Å². The third kappa shape index (κ3) is 7.04. The lowest BCUT2D eigenvalue weighted by Crippen LogP contribution is -2.52. The second kappa shape index (κ2) is 12.8. The zero-order valence-electron chi connectivity index (χ0n) is 23.9. The number of aliphatic hydroxyl groups excluding tert-OH is 1. The Bertz CT molecular complexity index is 1520. The summed E-state index contributed by atoms with van der Waals surface area (Å²) in [5.74, 6) is 0.592. The molecule has 0 bridgehead atoms. The Morgan fingerprint density at radius 3 is 2.52 bits per heavy atom. The van der Waals surface area contributed by atoms with Crippen LogP contribution >= 0.6 is 11.8 Å². The number of fused-ring (bicyclic) bond motifs is 1. The molecule has 42 heavy (non-hydrogen) atoms. The molecule has 0 unspecified atom stereocenters. The number of nitrogens with one attached hydrogen (secondary N) is 3. The number of benzene rings is 3. The molecule has 0 radical (unpaired) electrons. The number of aliphatic hydroxyl groups is 1. The molecular weight excluding hydrogens is 550 g/mol. The van der Waals surface area contributed by atoms with Crippen molar-refractivity contribution in [2.24, 2.45) is 0 Å². The van der Waals surface area contributed by atoms with Crippen LogP contribution in [-0.2, 0) is 16.1 Å². The summed E-state index contributed by atoms with van der Waals surface area (Å²) in [4.78, 5) is 29.7. The Labute approximate surface area is 249 Å². The Hall–Kier alpha value is -4.06. The van der Waals surface area contributed by atoms with E-state index in [2.05, 4.69) is 31.3 Å². The molecule has 1 aliphatic rings. The predicted molar refractivity (Wildman–Crippen MR) is 164 cm³/mol. The molecule has 5 rings (SSSR count). The van der Waals surface area contributed by atoms with Crippen LogP contribution in [0.25, 0.3) is 22.5 Å². The van der Waals surface area contributed by atoms with Crippen LogP contribution in [0.15, 0.2) is 77.7 Å². The number of tetrazole rings is 1. The molecule has 4 aromatic rings. The van der Waals surface area contributed by atoms with Crippen LogP contribution in [-0.4, -0.2) is 67.5 Å². The first-order valence-corrected chi connectivity index (χ1v) is 14.9. The molecule has 0 saturated carbocycles. The van der Waals surface area contributed by atoms with Crippen molar-refractivity contribution in [3.63, 3.8) is 0 Å². The van der Waals surface area contributed by atoms with Crippen molar-refractivity contribution in [1.82, 2.24) is 31.3 Å². The van der Waals surface area contributed by atoms with Crippen LogP contribution in [0, 0.1) is 0 Å². The molecule has 1 aliphatic heterocycles. The van der Waals surface area contributed by atoms with Crippen molar-refractivity contribution < 1.29 is 14.7 Å². The molecule has 2 atom stereocenters. The number of amides is 2. The first-order valence-electron chi connectivity index (χ1n) is 13.9. The molecule has 11 heteroatoms. The molecule has 4 N–H and O–H groups in total. The number of hydrogen-bond donors (Lipinski definition) is 4. The first-order chi connectivity index (χ1) is 20.2. The number of H-pyrrole nitrogens is 1. The van der Waals surface area contributed by atoms with Gasteiger partial charge in [-0.05, 0) is 54.8 Å². The number of para-hydroxylation sites is 1. The standard InChI is InChI=1S/C31H35N7O3S/c1-20(39)17-32-31(2,3)16-28(40)33-25-19-42-27-11-7-6-10-26(27)38(30(25)41)18-21-12-14-22(15-13-21)23-8-4-5-9-24(23)29-34-36-37-35-29/h4-15,20,25,32,39H,16-19H2,1-3H3,(H,33,40)(H,34,35,36,37)/t20-,25-/m1/s1. The summed E-state index contributed by atoms with van der Waals surface area (Å²) in [6.45, 7) is 6.25. The normalized spacial score (nSPS) is 16.0. The third-order valence-corrected chi connectivity index (χ3v) is 8.21. The molecule has 2 heterocycles. The highest BCUT2D eigenvalue weighted by molar-refractivity contribution is 7.99. The molecule has 0 saturated heterocycles. The minimum absolute atomic E-state index is 0.151. The summed E-state index contributed by atoms with van der Waals surface area (Å²) >= 11 is 1.56. The van der Waals surface area contributed by atoms with Gasteiger partial charge in [-0.1, -0.05) is 60.7 Å². The number of carbonyl (C=O) groups is 2. The molecule has 218 valence electrons. The Morgan fingerprint density at radius 2 is 1.81 bits per heavy atom. The fourth-order valence-corrected chi connectivity index (χ4v) is 6.00. The van der Waals surface area contributed by atoms with Crippen molar-refractivity contribution in [2.45, 2.75) is 56.3 Å². The average Bonchev–Trinajstić information content (AvgIpc) is 3.48. The minimum atomic E-state index is -0.677. The third-order valence-electron chi connectivity index (χ3n) is 7.06. The van der Waals surface area contributed by atoms with Gasteiger partial charge in [0.15, 0.2) is 0 Å². The maximum atomic E-state index is 13.9. The Kier molecular flexibility index (Phi) is 9.00. The smallest absolute Gasteiger partial charge is 0.250 e. The summed E-state index contributed by atoms with van der Waals surface area (Å²) in [7, 11) is 0. The van der Waals surface area contributed by atoms with Crippen LogP contribution in [0.3, 0.4) is 0 Å². The number of aromatic amines is 1.